The van der Waals surface area contributed by atoms with Gasteiger partial charge in [-0.1, -0.05) is 42.8 Å². The maximum Gasteiger partial charge on any atom is 0.161 e. The number of halogens is 1. The van der Waals surface area contributed by atoms with Crippen LogP contribution in [0.25, 0.3) is 16.6 Å². The number of rotatable bonds is 4. The number of pyridine rings is 1. The molecule has 0 radical (unpaired) electrons. The third kappa shape index (κ3) is 2.77. The Morgan fingerprint density at radius 3 is 2.81 bits per heavy atom. The van der Waals surface area contributed by atoms with Crippen LogP contribution < -0.4 is 5.32 Å². The second-order valence-corrected chi connectivity index (χ2v) is 5.35. The van der Waals surface area contributed by atoms with E-state index in [9.17, 15) is 0 Å². The zero-order valence-corrected chi connectivity index (χ0v) is 12.9. The average Bonchev–Trinajstić information content (AvgIpc) is 2.83. The average molecular weight is 301 g/mol. The van der Waals surface area contributed by atoms with Gasteiger partial charge in [-0.3, -0.25) is 0 Å². The first-order chi connectivity index (χ1) is 10.2. The summed E-state index contributed by atoms with van der Waals surface area (Å²) >= 11 is 6.13. The minimum absolute atomic E-state index is 0.651. The van der Waals surface area contributed by atoms with Crippen LogP contribution in [0.2, 0.25) is 5.02 Å². The van der Waals surface area contributed by atoms with Crippen molar-refractivity contribution < 1.29 is 0 Å². The molecule has 2 heterocycles. The smallest absolute Gasteiger partial charge is 0.161 e. The fourth-order valence-electron chi connectivity index (χ4n) is 2.30. The lowest BCUT2D eigenvalue weighted by Gasteiger charge is -2.09. The number of fused-ring (bicyclic) bond motifs is 1. The Bertz CT molecular complexity index is 760. The SMILES string of the molecule is CCNCc1cc2ccccc2c(-n2cc(Cl)c(C)n2)n1. The molecular weight excluding hydrogens is 284 g/mol. The molecule has 0 unspecified atom stereocenters. The van der Waals surface area contributed by atoms with Crippen molar-refractivity contribution in [3.8, 4) is 5.82 Å². The lowest BCUT2D eigenvalue weighted by Crippen LogP contribution is -2.14. The van der Waals surface area contributed by atoms with Crippen molar-refractivity contribution in [1.29, 1.82) is 0 Å². The van der Waals surface area contributed by atoms with Crippen LogP contribution in [-0.2, 0) is 6.54 Å². The molecule has 3 rings (SSSR count). The van der Waals surface area contributed by atoms with E-state index in [0.717, 1.165) is 41.1 Å². The van der Waals surface area contributed by atoms with Gasteiger partial charge >= 0.3 is 0 Å². The number of nitrogens with zero attached hydrogens (tertiary/aromatic N) is 3. The molecule has 0 aliphatic rings. The Labute approximate surface area is 128 Å². The Hall–Kier alpha value is -1.91. The standard InChI is InChI=1S/C16H17ClN4/c1-3-18-9-13-8-12-6-4-5-7-14(12)16(19-13)21-10-15(17)11(2)20-21/h4-8,10,18H,3,9H2,1-2H3. The molecule has 108 valence electrons. The zero-order chi connectivity index (χ0) is 14.8. The van der Waals surface area contributed by atoms with Crippen molar-refractivity contribution in [3.63, 3.8) is 0 Å². The first kappa shape index (κ1) is 14.0. The van der Waals surface area contributed by atoms with Crippen LogP contribution in [0, 0.1) is 6.92 Å². The molecule has 0 aliphatic heterocycles. The van der Waals surface area contributed by atoms with Gasteiger partial charge < -0.3 is 5.32 Å². The van der Waals surface area contributed by atoms with E-state index in [0.29, 0.717) is 5.02 Å². The molecule has 4 nitrogen and oxygen atoms in total. The molecule has 5 heteroatoms. The molecule has 0 atom stereocenters. The van der Waals surface area contributed by atoms with Crippen molar-refractivity contribution in [1.82, 2.24) is 20.1 Å². The van der Waals surface area contributed by atoms with Gasteiger partial charge in [-0.2, -0.15) is 5.10 Å². The molecule has 0 bridgehead atoms. The van der Waals surface area contributed by atoms with Gasteiger partial charge in [-0.05, 0) is 24.9 Å². The highest BCUT2D eigenvalue weighted by Crippen LogP contribution is 2.23. The van der Waals surface area contributed by atoms with E-state index in [2.05, 4.69) is 35.5 Å². The lowest BCUT2D eigenvalue weighted by atomic mass is 10.1. The molecule has 0 fully saturated rings. The molecule has 3 aromatic rings. The van der Waals surface area contributed by atoms with Crippen LogP contribution in [0.3, 0.4) is 0 Å². The summed E-state index contributed by atoms with van der Waals surface area (Å²) in [6.45, 7) is 5.63. The van der Waals surface area contributed by atoms with E-state index in [4.69, 9.17) is 16.6 Å². The predicted octanol–water partition coefficient (Wildman–Crippen LogP) is 3.49. The normalized spacial score (nSPS) is 11.2. The van der Waals surface area contributed by atoms with Gasteiger partial charge in [-0.25, -0.2) is 9.67 Å². The maximum atomic E-state index is 6.13. The van der Waals surface area contributed by atoms with Crippen molar-refractivity contribution in [2.45, 2.75) is 20.4 Å². The highest BCUT2D eigenvalue weighted by molar-refractivity contribution is 6.31. The van der Waals surface area contributed by atoms with Crippen LogP contribution in [0.5, 0.6) is 0 Å². The van der Waals surface area contributed by atoms with Crippen LogP contribution in [0.4, 0.5) is 0 Å². The van der Waals surface area contributed by atoms with Gasteiger partial charge in [0, 0.05) is 11.9 Å². The Kier molecular flexibility index (Phi) is 3.90. The number of aryl methyl sites for hydroxylation is 1. The van der Waals surface area contributed by atoms with Crippen molar-refractivity contribution in [3.05, 3.63) is 52.9 Å². The molecule has 0 amide bonds. The van der Waals surface area contributed by atoms with E-state index in [1.807, 2.05) is 25.3 Å². The van der Waals surface area contributed by atoms with E-state index in [1.54, 1.807) is 4.68 Å². The molecule has 0 spiro atoms. The van der Waals surface area contributed by atoms with Crippen molar-refractivity contribution >= 4 is 22.4 Å². The highest BCUT2D eigenvalue weighted by Gasteiger charge is 2.10. The topological polar surface area (TPSA) is 42.7 Å². The number of benzene rings is 1. The summed E-state index contributed by atoms with van der Waals surface area (Å²) in [5.41, 5.74) is 1.80. The van der Waals surface area contributed by atoms with Gasteiger partial charge in [0.25, 0.3) is 0 Å². The van der Waals surface area contributed by atoms with Crippen LogP contribution in [0.15, 0.2) is 36.5 Å². The fourth-order valence-corrected chi connectivity index (χ4v) is 2.43. The summed E-state index contributed by atoms with van der Waals surface area (Å²) in [6, 6.07) is 10.3. The first-order valence-electron chi connectivity index (χ1n) is 7.00. The lowest BCUT2D eigenvalue weighted by molar-refractivity contribution is 0.706. The largest absolute Gasteiger partial charge is 0.311 e. The molecule has 0 saturated carbocycles. The molecule has 1 N–H and O–H groups in total. The monoisotopic (exact) mass is 300 g/mol. The van der Waals surface area contributed by atoms with E-state index in [-0.39, 0.29) is 0 Å². The Balaban J connectivity index is 2.18. The second kappa shape index (κ2) is 5.84. The molecule has 2 aromatic heterocycles. The minimum Gasteiger partial charge on any atom is -0.311 e. The highest BCUT2D eigenvalue weighted by atomic mass is 35.5. The number of hydrogen-bond acceptors (Lipinski definition) is 3. The van der Waals surface area contributed by atoms with Gasteiger partial charge in [0.1, 0.15) is 0 Å². The van der Waals surface area contributed by atoms with Crippen LogP contribution >= 0.6 is 11.6 Å². The summed E-state index contributed by atoms with van der Waals surface area (Å²) in [5.74, 6) is 0.816. The fraction of sp³-hybridized carbons (Fsp3) is 0.250. The quantitative estimate of drug-likeness (QED) is 0.802. The summed E-state index contributed by atoms with van der Waals surface area (Å²) < 4.78 is 1.76. The van der Waals surface area contributed by atoms with Crippen molar-refractivity contribution in [2.75, 3.05) is 6.54 Å². The summed E-state index contributed by atoms with van der Waals surface area (Å²) in [7, 11) is 0. The van der Waals surface area contributed by atoms with E-state index >= 15 is 0 Å². The zero-order valence-electron chi connectivity index (χ0n) is 12.1. The second-order valence-electron chi connectivity index (χ2n) is 4.95. The Morgan fingerprint density at radius 2 is 2.10 bits per heavy atom. The minimum atomic E-state index is 0.651. The molecule has 21 heavy (non-hydrogen) atoms. The number of hydrogen-bond donors (Lipinski definition) is 1. The molecule has 0 saturated heterocycles. The van der Waals surface area contributed by atoms with Crippen LogP contribution in [-0.4, -0.2) is 21.3 Å². The van der Waals surface area contributed by atoms with Gasteiger partial charge in [0.2, 0.25) is 0 Å². The number of aromatic nitrogens is 3. The third-order valence-electron chi connectivity index (χ3n) is 3.39. The summed E-state index contributed by atoms with van der Waals surface area (Å²) in [5, 5.41) is 10.6. The molecule has 0 aliphatic carbocycles. The van der Waals surface area contributed by atoms with Crippen molar-refractivity contribution in [2.24, 2.45) is 0 Å². The van der Waals surface area contributed by atoms with E-state index < -0.39 is 0 Å². The van der Waals surface area contributed by atoms with E-state index in [1.165, 1.54) is 0 Å². The van der Waals surface area contributed by atoms with Gasteiger partial charge in [0.15, 0.2) is 5.82 Å². The van der Waals surface area contributed by atoms with Gasteiger partial charge in [0.05, 0.1) is 22.6 Å². The van der Waals surface area contributed by atoms with Crippen LogP contribution in [0.1, 0.15) is 18.3 Å². The maximum absolute atomic E-state index is 6.13. The summed E-state index contributed by atoms with van der Waals surface area (Å²) in [6.07, 6.45) is 1.81. The molecular formula is C16H17ClN4. The number of nitrogens with one attached hydrogen (secondary N) is 1. The predicted molar refractivity (Wildman–Crippen MR) is 86.0 cm³/mol. The molecule has 1 aromatic carbocycles. The Morgan fingerprint density at radius 1 is 1.29 bits per heavy atom. The summed E-state index contributed by atoms with van der Waals surface area (Å²) in [4.78, 5) is 4.74. The third-order valence-corrected chi connectivity index (χ3v) is 3.76. The van der Waals surface area contributed by atoms with Gasteiger partial charge in [-0.15, -0.1) is 0 Å². The first-order valence-corrected chi connectivity index (χ1v) is 7.38.